The molecular formula is C9H8BrClO4S. The van der Waals surface area contributed by atoms with Crippen LogP contribution in [0, 0.1) is 0 Å². The first kappa shape index (κ1) is 12.0. The molecule has 0 saturated heterocycles. The molecular weight excluding hydrogens is 320 g/mol. The zero-order chi connectivity index (χ0) is 11.8. The van der Waals surface area contributed by atoms with Crippen molar-refractivity contribution in [3.8, 4) is 11.5 Å². The van der Waals surface area contributed by atoms with Crippen molar-refractivity contribution in [2.24, 2.45) is 0 Å². The van der Waals surface area contributed by atoms with Crippen LogP contribution in [-0.2, 0) is 14.8 Å². The van der Waals surface area contributed by atoms with Gasteiger partial charge in [0.25, 0.3) is 0 Å². The van der Waals surface area contributed by atoms with Crippen LogP contribution in [0.5, 0.6) is 11.5 Å². The van der Waals surface area contributed by atoms with E-state index in [1.807, 2.05) is 0 Å². The monoisotopic (exact) mass is 326 g/mol. The highest BCUT2D eigenvalue weighted by Gasteiger charge is 2.20. The van der Waals surface area contributed by atoms with Crippen LogP contribution in [0.2, 0.25) is 0 Å². The average Bonchev–Trinajstić information content (AvgIpc) is 2.21. The molecule has 0 aliphatic carbocycles. The van der Waals surface area contributed by atoms with Gasteiger partial charge in [0.2, 0.25) is 9.05 Å². The maximum absolute atomic E-state index is 11.0. The molecule has 1 aliphatic rings. The van der Waals surface area contributed by atoms with Crippen molar-refractivity contribution in [1.29, 1.82) is 0 Å². The van der Waals surface area contributed by atoms with Gasteiger partial charge in [0.05, 0.1) is 10.2 Å². The number of hydrogen-bond acceptors (Lipinski definition) is 4. The van der Waals surface area contributed by atoms with E-state index in [9.17, 15) is 8.42 Å². The Morgan fingerprint density at radius 3 is 2.69 bits per heavy atom. The minimum absolute atomic E-state index is 0.244. The fourth-order valence-electron chi connectivity index (χ4n) is 1.42. The van der Waals surface area contributed by atoms with Crippen LogP contribution in [0.1, 0.15) is 5.56 Å². The summed E-state index contributed by atoms with van der Waals surface area (Å²) in [4.78, 5) is 0. The molecule has 88 valence electrons. The van der Waals surface area contributed by atoms with Crippen LogP contribution in [0.25, 0.3) is 0 Å². The third kappa shape index (κ3) is 2.61. The highest BCUT2D eigenvalue weighted by atomic mass is 79.9. The van der Waals surface area contributed by atoms with Gasteiger partial charge in [-0.15, -0.1) is 0 Å². The number of halogens is 2. The van der Waals surface area contributed by atoms with E-state index in [0.717, 1.165) is 0 Å². The van der Waals surface area contributed by atoms with Gasteiger partial charge < -0.3 is 9.47 Å². The van der Waals surface area contributed by atoms with E-state index in [1.165, 1.54) is 0 Å². The normalized spacial score (nSPS) is 14.9. The quantitative estimate of drug-likeness (QED) is 0.782. The summed E-state index contributed by atoms with van der Waals surface area (Å²) in [6, 6.07) is 3.33. The van der Waals surface area contributed by atoms with Crippen molar-refractivity contribution in [3.63, 3.8) is 0 Å². The van der Waals surface area contributed by atoms with Gasteiger partial charge in [-0.25, -0.2) is 8.42 Å². The molecule has 0 N–H and O–H groups in total. The molecule has 0 atom stereocenters. The summed E-state index contributed by atoms with van der Waals surface area (Å²) < 4.78 is 33.3. The fraction of sp³-hybridized carbons (Fsp3) is 0.333. The number of rotatable bonds is 2. The molecule has 0 bridgehead atoms. The number of fused-ring (bicyclic) bond motifs is 1. The van der Waals surface area contributed by atoms with Crippen molar-refractivity contribution in [3.05, 3.63) is 22.2 Å². The molecule has 1 aliphatic heterocycles. The molecule has 0 unspecified atom stereocenters. The van der Waals surface area contributed by atoms with Crippen LogP contribution >= 0.6 is 26.6 Å². The maximum atomic E-state index is 11.0. The lowest BCUT2D eigenvalue weighted by atomic mass is 10.2. The fourth-order valence-corrected chi connectivity index (χ4v) is 3.15. The summed E-state index contributed by atoms with van der Waals surface area (Å²) >= 11 is 3.29. The molecule has 1 heterocycles. The van der Waals surface area contributed by atoms with Gasteiger partial charge in [0.15, 0.2) is 11.5 Å². The van der Waals surface area contributed by atoms with Crippen LogP contribution < -0.4 is 9.47 Å². The molecule has 1 aromatic carbocycles. The molecule has 0 amide bonds. The van der Waals surface area contributed by atoms with Crippen molar-refractivity contribution in [1.82, 2.24) is 0 Å². The van der Waals surface area contributed by atoms with Gasteiger partial charge in [-0.2, -0.15) is 0 Å². The Balaban J connectivity index is 2.42. The molecule has 16 heavy (non-hydrogen) atoms. The standard InChI is InChI=1S/C9H8BrClO4S/c10-8-6(5-16(11,12)13)1-2-7-9(8)15-4-3-14-7/h1-2H,3-5H2. The lowest BCUT2D eigenvalue weighted by Gasteiger charge is -2.20. The Bertz CT molecular complexity index is 514. The van der Waals surface area contributed by atoms with Crippen LogP contribution in [0.3, 0.4) is 0 Å². The molecule has 0 aromatic heterocycles. The predicted molar refractivity (Wildman–Crippen MR) is 63.6 cm³/mol. The highest BCUT2D eigenvalue weighted by molar-refractivity contribution is 9.10. The molecule has 0 saturated carbocycles. The Hall–Kier alpha value is -0.460. The molecule has 7 heteroatoms. The first-order valence-electron chi connectivity index (χ1n) is 4.47. The van der Waals surface area contributed by atoms with Crippen molar-refractivity contribution in [2.75, 3.05) is 13.2 Å². The minimum Gasteiger partial charge on any atom is -0.486 e. The van der Waals surface area contributed by atoms with E-state index in [1.54, 1.807) is 12.1 Å². The van der Waals surface area contributed by atoms with E-state index < -0.39 is 9.05 Å². The Labute approximate surface area is 106 Å². The summed E-state index contributed by atoms with van der Waals surface area (Å²) in [5, 5.41) is 0. The summed E-state index contributed by atoms with van der Waals surface area (Å²) in [5.74, 6) is 0.893. The van der Waals surface area contributed by atoms with E-state index in [4.69, 9.17) is 20.2 Å². The Kier molecular flexibility index (Phi) is 3.32. The predicted octanol–water partition coefficient (Wildman–Crippen LogP) is 2.29. The lowest BCUT2D eigenvalue weighted by Crippen LogP contribution is -2.16. The van der Waals surface area contributed by atoms with Gasteiger partial charge in [-0.3, -0.25) is 0 Å². The number of hydrogen-bond donors (Lipinski definition) is 0. The first-order chi connectivity index (χ1) is 7.47. The Morgan fingerprint density at radius 1 is 1.31 bits per heavy atom. The van der Waals surface area contributed by atoms with Crippen LogP contribution in [0.15, 0.2) is 16.6 Å². The van der Waals surface area contributed by atoms with Gasteiger partial charge in [-0.05, 0) is 27.6 Å². The second-order valence-electron chi connectivity index (χ2n) is 3.25. The van der Waals surface area contributed by atoms with E-state index >= 15 is 0 Å². The molecule has 2 rings (SSSR count). The van der Waals surface area contributed by atoms with E-state index in [2.05, 4.69) is 15.9 Å². The van der Waals surface area contributed by atoms with Gasteiger partial charge in [-0.1, -0.05) is 6.07 Å². The second-order valence-corrected chi connectivity index (χ2v) is 6.82. The van der Waals surface area contributed by atoms with Crippen molar-refractivity contribution >= 4 is 35.7 Å². The van der Waals surface area contributed by atoms with Gasteiger partial charge >= 0.3 is 0 Å². The highest BCUT2D eigenvalue weighted by Crippen LogP contribution is 2.40. The van der Waals surface area contributed by atoms with Crippen LogP contribution in [-0.4, -0.2) is 21.6 Å². The first-order valence-corrected chi connectivity index (χ1v) is 7.74. The summed E-state index contributed by atoms with van der Waals surface area (Å²) in [5.41, 5.74) is 0.555. The lowest BCUT2D eigenvalue weighted by molar-refractivity contribution is 0.170. The maximum Gasteiger partial charge on any atom is 0.236 e. The molecule has 0 spiro atoms. The Morgan fingerprint density at radius 2 is 2.00 bits per heavy atom. The second kappa shape index (κ2) is 4.43. The zero-order valence-corrected chi connectivity index (χ0v) is 11.2. The molecule has 1 aromatic rings. The largest absolute Gasteiger partial charge is 0.486 e. The smallest absolute Gasteiger partial charge is 0.236 e. The van der Waals surface area contributed by atoms with E-state index in [-0.39, 0.29) is 5.75 Å². The number of ether oxygens (including phenoxy) is 2. The zero-order valence-electron chi connectivity index (χ0n) is 8.07. The molecule has 4 nitrogen and oxygen atoms in total. The number of benzene rings is 1. The minimum atomic E-state index is -3.58. The van der Waals surface area contributed by atoms with Crippen molar-refractivity contribution < 1.29 is 17.9 Å². The topological polar surface area (TPSA) is 52.6 Å². The van der Waals surface area contributed by atoms with Crippen LogP contribution in [0.4, 0.5) is 0 Å². The average molecular weight is 328 g/mol. The SMILES string of the molecule is O=S(=O)(Cl)Cc1ccc2c(c1Br)OCCO2. The van der Waals surface area contributed by atoms with Crippen molar-refractivity contribution in [2.45, 2.75) is 5.75 Å². The third-order valence-electron chi connectivity index (χ3n) is 2.06. The third-order valence-corrected chi connectivity index (χ3v) is 3.91. The molecule has 0 fully saturated rings. The van der Waals surface area contributed by atoms with Gasteiger partial charge in [0, 0.05) is 10.7 Å². The van der Waals surface area contributed by atoms with Gasteiger partial charge in [0.1, 0.15) is 13.2 Å². The summed E-state index contributed by atoms with van der Waals surface area (Å²) in [6.45, 7) is 0.940. The summed E-state index contributed by atoms with van der Waals surface area (Å²) in [6.07, 6.45) is 0. The van der Waals surface area contributed by atoms with E-state index in [0.29, 0.717) is 34.7 Å². The molecule has 0 radical (unpaired) electrons. The summed E-state index contributed by atoms with van der Waals surface area (Å²) in [7, 11) is 1.62.